The Labute approximate surface area is 125 Å². The standard InChI is InChI=1S/C15H13BrN4/c1-10-18-13-6-4-3-5-12(13)15(19-10)20(2)11-7-8-14(16)17-9-11/h3-9H,1-2H3. The van der Waals surface area contributed by atoms with Crippen molar-refractivity contribution in [3.05, 3.63) is 53.0 Å². The number of aromatic nitrogens is 3. The number of pyridine rings is 1. The second-order valence-corrected chi connectivity index (χ2v) is 5.32. The largest absolute Gasteiger partial charge is 0.328 e. The fraction of sp³-hybridized carbons (Fsp3) is 0.133. The van der Waals surface area contributed by atoms with E-state index < -0.39 is 0 Å². The molecule has 0 aliphatic carbocycles. The highest BCUT2D eigenvalue weighted by Crippen LogP contribution is 2.28. The predicted molar refractivity (Wildman–Crippen MR) is 84.3 cm³/mol. The van der Waals surface area contributed by atoms with Gasteiger partial charge in [0.05, 0.1) is 17.4 Å². The summed E-state index contributed by atoms with van der Waals surface area (Å²) >= 11 is 3.35. The number of fused-ring (bicyclic) bond motifs is 1. The lowest BCUT2D eigenvalue weighted by Crippen LogP contribution is -2.13. The smallest absolute Gasteiger partial charge is 0.144 e. The number of halogens is 1. The molecule has 2 heterocycles. The molecule has 0 aliphatic heterocycles. The van der Waals surface area contributed by atoms with Crippen LogP contribution in [0.2, 0.25) is 0 Å². The fourth-order valence-electron chi connectivity index (χ4n) is 2.12. The molecule has 0 aliphatic rings. The quantitative estimate of drug-likeness (QED) is 0.670. The van der Waals surface area contributed by atoms with Gasteiger partial charge in [-0.15, -0.1) is 0 Å². The van der Waals surface area contributed by atoms with Crippen LogP contribution >= 0.6 is 15.9 Å². The highest BCUT2D eigenvalue weighted by Gasteiger charge is 2.11. The van der Waals surface area contributed by atoms with Crippen LogP contribution in [-0.2, 0) is 0 Å². The zero-order valence-corrected chi connectivity index (χ0v) is 12.8. The molecule has 20 heavy (non-hydrogen) atoms. The van der Waals surface area contributed by atoms with Crippen LogP contribution in [0.4, 0.5) is 11.5 Å². The molecule has 0 fully saturated rings. The maximum Gasteiger partial charge on any atom is 0.144 e. The molecule has 1 aromatic carbocycles. The molecule has 3 rings (SSSR count). The maximum atomic E-state index is 4.58. The zero-order valence-electron chi connectivity index (χ0n) is 11.2. The Morgan fingerprint density at radius 2 is 1.85 bits per heavy atom. The summed E-state index contributed by atoms with van der Waals surface area (Å²) in [7, 11) is 1.99. The van der Waals surface area contributed by atoms with Crippen LogP contribution in [0.1, 0.15) is 5.82 Å². The minimum atomic E-state index is 0.760. The van der Waals surface area contributed by atoms with Crippen molar-refractivity contribution in [3.8, 4) is 0 Å². The number of hydrogen-bond donors (Lipinski definition) is 0. The normalized spacial score (nSPS) is 10.8. The van der Waals surface area contributed by atoms with Crippen LogP contribution in [0, 0.1) is 6.92 Å². The lowest BCUT2D eigenvalue weighted by Gasteiger charge is -2.20. The Balaban J connectivity index is 2.15. The van der Waals surface area contributed by atoms with Crippen LogP contribution in [0.3, 0.4) is 0 Å². The van der Waals surface area contributed by atoms with Gasteiger partial charge in [0.1, 0.15) is 16.2 Å². The molecule has 0 radical (unpaired) electrons. The molecule has 100 valence electrons. The molecule has 0 saturated heterocycles. The van der Waals surface area contributed by atoms with Gasteiger partial charge in [-0.05, 0) is 47.1 Å². The molecule has 0 bridgehead atoms. The monoisotopic (exact) mass is 328 g/mol. The van der Waals surface area contributed by atoms with Crippen molar-refractivity contribution in [1.29, 1.82) is 0 Å². The summed E-state index contributed by atoms with van der Waals surface area (Å²) in [6, 6.07) is 11.9. The third-order valence-corrected chi connectivity index (χ3v) is 3.58. The van der Waals surface area contributed by atoms with Gasteiger partial charge < -0.3 is 4.90 Å². The topological polar surface area (TPSA) is 41.9 Å². The van der Waals surface area contributed by atoms with Gasteiger partial charge in [-0.25, -0.2) is 15.0 Å². The van der Waals surface area contributed by atoms with Gasteiger partial charge in [-0.2, -0.15) is 0 Å². The van der Waals surface area contributed by atoms with E-state index in [2.05, 4.69) is 30.9 Å². The molecule has 0 unspecified atom stereocenters. The van der Waals surface area contributed by atoms with Crippen LogP contribution in [-0.4, -0.2) is 22.0 Å². The number of benzene rings is 1. The molecule has 0 atom stereocenters. The van der Waals surface area contributed by atoms with E-state index in [0.29, 0.717) is 0 Å². The van der Waals surface area contributed by atoms with Crippen LogP contribution < -0.4 is 4.90 Å². The van der Waals surface area contributed by atoms with Crippen molar-refractivity contribution in [2.45, 2.75) is 6.92 Å². The van der Waals surface area contributed by atoms with Crippen molar-refractivity contribution in [2.24, 2.45) is 0 Å². The second kappa shape index (κ2) is 5.17. The average molecular weight is 329 g/mol. The van der Waals surface area contributed by atoms with Crippen LogP contribution in [0.5, 0.6) is 0 Å². The lowest BCUT2D eigenvalue weighted by molar-refractivity contribution is 1.04. The fourth-order valence-corrected chi connectivity index (χ4v) is 2.35. The molecule has 0 spiro atoms. The summed E-state index contributed by atoms with van der Waals surface area (Å²) in [5, 5.41) is 1.03. The average Bonchev–Trinajstić information content (AvgIpc) is 2.46. The van der Waals surface area contributed by atoms with E-state index in [1.165, 1.54) is 0 Å². The molecule has 0 amide bonds. The van der Waals surface area contributed by atoms with Crippen LogP contribution in [0.15, 0.2) is 47.2 Å². The first-order valence-electron chi connectivity index (χ1n) is 6.24. The highest BCUT2D eigenvalue weighted by molar-refractivity contribution is 9.10. The molecular weight excluding hydrogens is 316 g/mol. The first kappa shape index (κ1) is 13.0. The SMILES string of the molecule is Cc1nc(N(C)c2ccc(Br)nc2)c2ccccc2n1. The summed E-state index contributed by atoms with van der Waals surface area (Å²) in [5.41, 5.74) is 1.93. The number of para-hydroxylation sites is 1. The molecule has 0 saturated carbocycles. The summed E-state index contributed by atoms with van der Waals surface area (Å²) in [5.74, 6) is 1.65. The van der Waals surface area contributed by atoms with Gasteiger partial charge in [0.25, 0.3) is 0 Å². The van der Waals surface area contributed by atoms with Crippen molar-refractivity contribution >= 4 is 38.3 Å². The molecule has 0 N–H and O–H groups in total. The minimum absolute atomic E-state index is 0.760. The van der Waals surface area contributed by atoms with Gasteiger partial charge in [0.15, 0.2) is 0 Å². The van der Waals surface area contributed by atoms with Crippen LogP contribution in [0.25, 0.3) is 10.9 Å². The number of aryl methyl sites for hydroxylation is 1. The summed E-state index contributed by atoms with van der Waals surface area (Å²) in [6.45, 7) is 1.91. The van der Waals surface area contributed by atoms with E-state index >= 15 is 0 Å². The Hall–Kier alpha value is -2.01. The Bertz CT molecular complexity index is 755. The zero-order chi connectivity index (χ0) is 14.1. The number of rotatable bonds is 2. The minimum Gasteiger partial charge on any atom is -0.328 e. The van der Waals surface area contributed by atoms with Gasteiger partial charge >= 0.3 is 0 Å². The molecule has 5 heteroatoms. The van der Waals surface area contributed by atoms with Crippen molar-refractivity contribution < 1.29 is 0 Å². The maximum absolute atomic E-state index is 4.58. The Kier molecular flexibility index (Phi) is 3.36. The summed E-state index contributed by atoms with van der Waals surface area (Å²) in [4.78, 5) is 15.3. The second-order valence-electron chi connectivity index (χ2n) is 4.51. The van der Waals surface area contributed by atoms with Gasteiger partial charge in [0.2, 0.25) is 0 Å². The van der Waals surface area contributed by atoms with E-state index in [4.69, 9.17) is 0 Å². The number of anilines is 2. The van der Waals surface area contributed by atoms with Crippen molar-refractivity contribution in [1.82, 2.24) is 15.0 Å². The summed E-state index contributed by atoms with van der Waals surface area (Å²) in [6.07, 6.45) is 1.82. The van der Waals surface area contributed by atoms with Gasteiger partial charge in [-0.3, -0.25) is 0 Å². The van der Waals surface area contributed by atoms with E-state index in [-0.39, 0.29) is 0 Å². The molecule has 2 aromatic heterocycles. The number of nitrogens with zero attached hydrogens (tertiary/aromatic N) is 4. The van der Waals surface area contributed by atoms with E-state index in [9.17, 15) is 0 Å². The molecular formula is C15H13BrN4. The van der Waals surface area contributed by atoms with E-state index in [1.54, 1.807) is 0 Å². The highest BCUT2D eigenvalue weighted by atomic mass is 79.9. The third kappa shape index (κ3) is 2.36. The molecule has 3 aromatic rings. The Morgan fingerprint density at radius 1 is 1.05 bits per heavy atom. The first-order chi connectivity index (χ1) is 9.65. The summed E-state index contributed by atoms with van der Waals surface area (Å²) < 4.78 is 0.818. The first-order valence-corrected chi connectivity index (χ1v) is 7.03. The lowest BCUT2D eigenvalue weighted by atomic mass is 10.2. The Morgan fingerprint density at radius 3 is 2.60 bits per heavy atom. The predicted octanol–water partition coefficient (Wildman–Crippen LogP) is 3.86. The van der Waals surface area contributed by atoms with Gasteiger partial charge in [0, 0.05) is 12.4 Å². The number of hydrogen-bond acceptors (Lipinski definition) is 4. The van der Waals surface area contributed by atoms with Crippen molar-refractivity contribution in [2.75, 3.05) is 11.9 Å². The third-order valence-electron chi connectivity index (χ3n) is 3.11. The van der Waals surface area contributed by atoms with Crippen molar-refractivity contribution in [3.63, 3.8) is 0 Å². The van der Waals surface area contributed by atoms with E-state index in [0.717, 1.165) is 32.8 Å². The van der Waals surface area contributed by atoms with Gasteiger partial charge in [-0.1, -0.05) is 12.1 Å². The van der Waals surface area contributed by atoms with E-state index in [1.807, 2.05) is 61.5 Å². The molecule has 4 nitrogen and oxygen atoms in total.